The summed E-state index contributed by atoms with van der Waals surface area (Å²) in [7, 11) is 0. The van der Waals surface area contributed by atoms with Gasteiger partial charge in [-0.2, -0.15) is 0 Å². The third kappa shape index (κ3) is 3.51. The Hall–Kier alpha value is -4.04. The Morgan fingerprint density at radius 2 is 1.03 bits per heavy atom. The summed E-state index contributed by atoms with van der Waals surface area (Å²) in [5.74, 6) is 0. The van der Waals surface area contributed by atoms with E-state index < -0.39 is 0 Å². The van der Waals surface area contributed by atoms with Gasteiger partial charge in [-0.15, -0.1) is 0 Å². The summed E-state index contributed by atoms with van der Waals surface area (Å²) < 4.78 is 0. The molecule has 5 aromatic rings. The largest absolute Gasteiger partial charge is 0.255 e. The number of hydrogen-bond donors (Lipinski definition) is 0. The van der Waals surface area contributed by atoms with Crippen molar-refractivity contribution in [1.82, 2.24) is 9.97 Å². The quantitative estimate of drug-likeness (QED) is 0.329. The Morgan fingerprint density at radius 3 is 1.63 bits per heavy atom. The fraction of sp³-hybridized carbons (Fsp3) is 0. The van der Waals surface area contributed by atoms with Crippen molar-refractivity contribution in [3.63, 3.8) is 0 Å². The van der Waals surface area contributed by atoms with Crippen molar-refractivity contribution in [2.24, 2.45) is 0 Å². The second kappa shape index (κ2) is 8.14. The summed E-state index contributed by atoms with van der Waals surface area (Å²) in [5, 5.41) is 0. The predicted molar refractivity (Wildman–Crippen MR) is 124 cm³/mol. The lowest BCUT2D eigenvalue weighted by atomic mass is 9.90. The van der Waals surface area contributed by atoms with Crippen LogP contribution in [0, 0.1) is 0 Å². The highest BCUT2D eigenvalue weighted by Gasteiger charge is 2.18. The number of rotatable bonds is 4. The summed E-state index contributed by atoms with van der Waals surface area (Å²) >= 11 is 0. The molecule has 0 N–H and O–H groups in total. The van der Waals surface area contributed by atoms with Gasteiger partial charge in [0.2, 0.25) is 0 Å². The minimum Gasteiger partial charge on any atom is -0.255 e. The molecule has 0 unspecified atom stereocenters. The van der Waals surface area contributed by atoms with Crippen LogP contribution in [0.1, 0.15) is 0 Å². The smallest absolute Gasteiger partial charge is 0.0900 e. The molecule has 0 aliphatic rings. The van der Waals surface area contributed by atoms with Crippen LogP contribution < -0.4 is 0 Å². The van der Waals surface area contributed by atoms with Crippen LogP contribution in [0.5, 0.6) is 0 Å². The van der Waals surface area contributed by atoms with Crippen molar-refractivity contribution in [2.75, 3.05) is 0 Å². The Morgan fingerprint density at radius 1 is 0.467 bits per heavy atom. The van der Waals surface area contributed by atoms with E-state index in [4.69, 9.17) is 4.98 Å². The number of hydrogen-bond acceptors (Lipinski definition) is 2. The second-order valence-electron chi connectivity index (χ2n) is 7.09. The molecule has 142 valence electrons. The van der Waals surface area contributed by atoms with E-state index in [0.717, 1.165) is 44.9 Å². The average molecular weight is 384 g/mol. The Labute approximate surface area is 176 Å². The van der Waals surface area contributed by atoms with E-state index in [9.17, 15) is 0 Å². The summed E-state index contributed by atoms with van der Waals surface area (Å²) in [6.45, 7) is 0. The number of pyridine rings is 2. The molecule has 0 saturated heterocycles. The molecule has 0 atom stereocenters. The molecule has 0 aliphatic carbocycles. The molecule has 0 radical (unpaired) electrons. The molecule has 0 aliphatic heterocycles. The zero-order valence-corrected chi connectivity index (χ0v) is 16.4. The van der Waals surface area contributed by atoms with E-state index >= 15 is 0 Å². The molecule has 0 fully saturated rings. The number of aromatic nitrogens is 2. The molecule has 3 aromatic carbocycles. The summed E-state index contributed by atoms with van der Waals surface area (Å²) in [5.41, 5.74) is 8.38. The van der Waals surface area contributed by atoms with Crippen LogP contribution in [-0.4, -0.2) is 9.97 Å². The minimum atomic E-state index is 0.867. The lowest BCUT2D eigenvalue weighted by Gasteiger charge is -2.17. The van der Waals surface area contributed by atoms with Gasteiger partial charge >= 0.3 is 0 Å². The first-order valence-corrected chi connectivity index (χ1v) is 10.0. The van der Waals surface area contributed by atoms with Gasteiger partial charge in [0.15, 0.2) is 0 Å². The highest BCUT2D eigenvalue weighted by molar-refractivity contribution is 5.94. The van der Waals surface area contributed by atoms with Crippen LogP contribution in [0.25, 0.3) is 44.9 Å². The van der Waals surface area contributed by atoms with Gasteiger partial charge in [0.25, 0.3) is 0 Å². The maximum Gasteiger partial charge on any atom is 0.0900 e. The molecule has 2 aromatic heterocycles. The molecule has 0 bridgehead atoms. The Balaban J connectivity index is 1.88. The Bertz CT molecular complexity index is 1190. The van der Waals surface area contributed by atoms with E-state index in [2.05, 4.69) is 83.8 Å². The van der Waals surface area contributed by atoms with Crippen molar-refractivity contribution >= 4 is 0 Å². The standard InChI is InChI=1S/C28H20N2/c1-4-12-21(13-5-1)24-20-26(25-18-10-11-19-29-25)30-28(23-16-8-3-9-17-23)27(24)22-14-6-2-7-15-22/h1-20H. The van der Waals surface area contributed by atoms with Crippen LogP contribution in [0.4, 0.5) is 0 Å². The van der Waals surface area contributed by atoms with E-state index in [1.165, 1.54) is 0 Å². The third-order valence-electron chi connectivity index (χ3n) is 5.14. The first kappa shape index (κ1) is 18.0. The molecular weight excluding hydrogens is 364 g/mol. The molecule has 0 amide bonds. The predicted octanol–water partition coefficient (Wildman–Crippen LogP) is 7.14. The van der Waals surface area contributed by atoms with Gasteiger partial charge in [0, 0.05) is 17.3 Å². The summed E-state index contributed by atoms with van der Waals surface area (Å²) in [4.78, 5) is 9.67. The topological polar surface area (TPSA) is 25.8 Å². The Kier molecular flexibility index (Phi) is 4.89. The monoisotopic (exact) mass is 384 g/mol. The van der Waals surface area contributed by atoms with E-state index in [-0.39, 0.29) is 0 Å². The van der Waals surface area contributed by atoms with Crippen LogP contribution in [0.2, 0.25) is 0 Å². The first-order chi connectivity index (χ1) is 14.9. The first-order valence-electron chi connectivity index (χ1n) is 10.0. The van der Waals surface area contributed by atoms with Gasteiger partial charge in [0.1, 0.15) is 0 Å². The number of nitrogens with zero attached hydrogens (tertiary/aromatic N) is 2. The highest BCUT2D eigenvalue weighted by atomic mass is 14.8. The van der Waals surface area contributed by atoms with Gasteiger partial charge in [-0.05, 0) is 34.9 Å². The summed E-state index contributed by atoms with van der Waals surface area (Å²) in [6, 6.07) is 39.5. The van der Waals surface area contributed by atoms with Crippen LogP contribution in [0.3, 0.4) is 0 Å². The van der Waals surface area contributed by atoms with E-state index in [1.54, 1.807) is 0 Å². The van der Waals surface area contributed by atoms with Crippen molar-refractivity contribution in [2.45, 2.75) is 0 Å². The summed E-state index contributed by atoms with van der Waals surface area (Å²) in [6.07, 6.45) is 1.81. The van der Waals surface area contributed by atoms with Crippen LogP contribution in [0.15, 0.2) is 121 Å². The van der Waals surface area contributed by atoms with Crippen molar-refractivity contribution in [3.8, 4) is 44.9 Å². The fourth-order valence-corrected chi connectivity index (χ4v) is 3.74. The lowest BCUT2D eigenvalue weighted by molar-refractivity contribution is 1.25. The maximum atomic E-state index is 5.11. The SMILES string of the molecule is c1ccc(-c2cc(-c3ccccn3)nc(-c3ccccc3)c2-c2ccccc2)cc1. The third-order valence-corrected chi connectivity index (χ3v) is 5.14. The fourth-order valence-electron chi connectivity index (χ4n) is 3.74. The molecule has 2 heterocycles. The van der Waals surface area contributed by atoms with Crippen molar-refractivity contribution in [1.29, 1.82) is 0 Å². The molecular formula is C28H20N2. The second-order valence-corrected chi connectivity index (χ2v) is 7.09. The van der Waals surface area contributed by atoms with Gasteiger partial charge in [-0.25, -0.2) is 4.98 Å². The van der Waals surface area contributed by atoms with Gasteiger partial charge in [-0.3, -0.25) is 4.98 Å². The van der Waals surface area contributed by atoms with E-state index in [1.807, 2.05) is 42.6 Å². The van der Waals surface area contributed by atoms with Gasteiger partial charge in [-0.1, -0.05) is 97.1 Å². The van der Waals surface area contributed by atoms with Gasteiger partial charge < -0.3 is 0 Å². The highest BCUT2D eigenvalue weighted by Crippen LogP contribution is 2.40. The molecule has 0 saturated carbocycles. The molecule has 0 spiro atoms. The van der Waals surface area contributed by atoms with Gasteiger partial charge in [0.05, 0.1) is 17.1 Å². The molecule has 30 heavy (non-hydrogen) atoms. The van der Waals surface area contributed by atoms with Crippen LogP contribution in [-0.2, 0) is 0 Å². The normalized spacial score (nSPS) is 10.7. The molecule has 2 heteroatoms. The van der Waals surface area contributed by atoms with E-state index in [0.29, 0.717) is 0 Å². The average Bonchev–Trinajstić information content (AvgIpc) is 2.85. The van der Waals surface area contributed by atoms with Crippen molar-refractivity contribution < 1.29 is 0 Å². The zero-order valence-electron chi connectivity index (χ0n) is 16.4. The minimum absolute atomic E-state index is 0.867. The maximum absolute atomic E-state index is 5.11. The molecule has 5 rings (SSSR count). The lowest BCUT2D eigenvalue weighted by Crippen LogP contribution is -1.97. The zero-order chi connectivity index (χ0) is 20.2. The van der Waals surface area contributed by atoms with Crippen molar-refractivity contribution in [3.05, 3.63) is 121 Å². The number of benzene rings is 3. The van der Waals surface area contributed by atoms with Crippen LogP contribution >= 0.6 is 0 Å². The molecule has 2 nitrogen and oxygen atoms in total.